The maximum absolute atomic E-state index is 12.8. The Morgan fingerprint density at radius 1 is 1.21 bits per heavy atom. The normalized spacial score (nSPS) is 28.0. The Morgan fingerprint density at radius 3 is 2.31 bits per heavy atom. The molecule has 1 heterocycles. The predicted molar refractivity (Wildman–Crippen MR) is 114 cm³/mol. The highest BCUT2D eigenvalue weighted by molar-refractivity contribution is 6.00. The lowest BCUT2D eigenvalue weighted by molar-refractivity contribution is -0.144. The molecular weight excluding hydrogens is 392 g/mol. The fourth-order valence-corrected chi connectivity index (χ4v) is 5.00. The van der Waals surface area contributed by atoms with Crippen LogP contribution in [0, 0.1) is 17.3 Å². The number of nitrogens with one attached hydrogen (secondary N) is 1. The van der Waals surface area contributed by atoms with Crippen molar-refractivity contribution < 1.29 is 19.9 Å². The number of oxime groups is 1. The first-order valence-electron chi connectivity index (χ1n) is 10.3. The maximum Gasteiger partial charge on any atom is 0.306 e. The van der Waals surface area contributed by atoms with Crippen LogP contribution in [0.5, 0.6) is 0 Å². The number of carboxylic acids is 1. The van der Waals surface area contributed by atoms with Gasteiger partial charge >= 0.3 is 5.97 Å². The van der Waals surface area contributed by atoms with Gasteiger partial charge in [-0.15, -0.1) is 12.4 Å². The zero-order chi connectivity index (χ0) is 20.1. The molecule has 160 valence electrons. The minimum atomic E-state index is -0.660. The van der Waals surface area contributed by atoms with Crippen molar-refractivity contribution >= 4 is 30.4 Å². The molecular formula is C22H31ClN2O4. The summed E-state index contributed by atoms with van der Waals surface area (Å²) >= 11 is 0. The number of hydrogen-bond donors (Lipinski definition) is 3. The number of carbonyl (C=O) groups excluding carboxylic acids is 1. The Morgan fingerprint density at radius 2 is 1.83 bits per heavy atom. The second kappa shape index (κ2) is 10.2. The molecule has 2 aliphatic rings. The van der Waals surface area contributed by atoms with Gasteiger partial charge in [0.2, 0.25) is 0 Å². The van der Waals surface area contributed by atoms with Crippen LogP contribution in [0.25, 0.3) is 0 Å². The van der Waals surface area contributed by atoms with Crippen LogP contribution < -0.4 is 5.32 Å². The fourth-order valence-electron chi connectivity index (χ4n) is 5.00. The zero-order valence-electron chi connectivity index (χ0n) is 16.8. The molecule has 3 N–H and O–H groups in total. The quantitative estimate of drug-likeness (QED) is 0.277. The lowest BCUT2D eigenvalue weighted by Gasteiger charge is -2.46. The topological polar surface area (TPSA) is 99.0 Å². The third-order valence-corrected chi connectivity index (χ3v) is 6.82. The summed E-state index contributed by atoms with van der Waals surface area (Å²) in [5.74, 6) is -0.490. The van der Waals surface area contributed by atoms with Gasteiger partial charge in [-0.3, -0.25) is 9.59 Å². The van der Waals surface area contributed by atoms with E-state index in [0.717, 1.165) is 50.6 Å². The van der Waals surface area contributed by atoms with Crippen molar-refractivity contribution in [3.63, 3.8) is 0 Å². The van der Waals surface area contributed by atoms with E-state index in [-0.39, 0.29) is 41.5 Å². The lowest BCUT2D eigenvalue weighted by atomic mass is 9.63. The zero-order valence-corrected chi connectivity index (χ0v) is 17.7. The number of hydrogen-bond acceptors (Lipinski definition) is 5. The van der Waals surface area contributed by atoms with Gasteiger partial charge < -0.3 is 15.6 Å². The standard InChI is InChI=1S/C22H30N2O4.ClH/c1-2-18(21(26)27)16-7-10-22(11-8-16)12-9-19(23-14-22)20(25)17-5-3-15(4-6-17)13-24-28;/h3-6,13,16,18-19,23,28H,2,7-12,14H2,1H3,(H,26,27);1H. The Hall–Kier alpha value is -1.92. The van der Waals surface area contributed by atoms with Crippen LogP contribution in [0.2, 0.25) is 0 Å². The first-order chi connectivity index (χ1) is 13.5. The SMILES string of the molecule is CCC(C(=O)O)C1CCC2(CCC(C(=O)c3ccc(C=NO)cc3)NC2)CC1.Cl. The number of piperidine rings is 1. The molecule has 1 saturated heterocycles. The molecule has 0 bridgehead atoms. The largest absolute Gasteiger partial charge is 0.481 e. The number of aliphatic carboxylic acids is 1. The molecule has 1 aromatic carbocycles. The average molecular weight is 423 g/mol. The first-order valence-corrected chi connectivity index (χ1v) is 10.3. The van der Waals surface area contributed by atoms with Crippen molar-refractivity contribution in [1.82, 2.24) is 5.32 Å². The maximum atomic E-state index is 12.8. The molecule has 0 aromatic heterocycles. The van der Waals surface area contributed by atoms with Crippen LogP contribution in [-0.2, 0) is 4.79 Å². The van der Waals surface area contributed by atoms with E-state index >= 15 is 0 Å². The molecule has 1 spiro atoms. The van der Waals surface area contributed by atoms with Crippen LogP contribution in [0.3, 0.4) is 0 Å². The number of carboxylic acid groups (broad SMARTS) is 1. The highest BCUT2D eigenvalue weighted by Gasteiger charge is 2.42. The van der Waals surface area contributed by atoms with Crippen LogP contribution in [-0.4, -0.2) is 40.9 Å². The molecule has 29 heavy (non-hydrogen) atoms. The van der Waals surface area contributed by atoms with E-state index in [9.17, 15) is 14.7 Å². The Bertz CT molecular complexity index is 717. The van der Waals surface area contributed by atoms with Gasteiger partial charge in [-0.2, -0.15) is 0 Å². The molecule has 1 saturated carbocycles. The predicted octanol–water partition coefficient (Wildman–Crippen LogP) is 4.14. The number of ketones is 1. The molecule has 6 nitrogen and oxygen atoms in total. The van der Waals surface area contributed by atoms with E-state index < -0.39 is 5.97 Å². The highest BCUT2D eigenvalue weighted by atomic mass is 35.5. The van der Waals surface area contributed by atoms with E-state index in [0.29, 0.717) is 12.0 Å². The van der Waals surface area contributed by atoms with Crippen molar-refractivity contribution in [2.45, 2.75) is 57.9 Å². The van der Waals surface area contributed by atoms with E-state index in [4.69, 9.17) is 5.21 Å². The van der Waals surface area contributed by atoms with E-state index in [2.05, 4.69) is 10.5 Å². The summed E-state index contributed by atoms with van der Waals surface area (Å²) in [4.78, 5) is 24.2. The summed E-state index contributed by atoms with van der Waals surface area (Å²) in [6.45, 7) is 2.79. The highest BCUT2D eigenvalue weighted by Crippen LogP contribution is 2.46. The van der Waals surface area contributed by atoms with Crippen molar-refractivity contribution in [2.75, 3.05) is 6.54 Å². The summed E-state index contributed by atoms with van der Waals surface area (Å²) in [5, 5.41) is 24.4. The van der Waals surface area contributed by atoms with Crippen LogP contribution in [0.4, 0.5) is 0 Å². The van der Waals surface area contributed by atoms with Crippen LogP contribution >= 0.6 is 12.4 Å². The van der Waals surface area contributed by atoms with Crippen molar-refractivity contribution in [3.8, 4) is 0 Å². The number of nitrogens with zero attached hydrogens (tertiary/aromatic N) is 1. The number of Topliss-reactive ketones (excluding diaryl/α,β-unsaturated/α-hetero) is 1. The first kappa shape index (κ1) is 23.4. The summed E-state index contributed by atoms with van der Waals surface area (Å²) in [6.07, 6.45) is 7.90. The second-order valence-corrected chi connectivity index (χ2v) is 8.39. The van der Waals surface area contributed by atoms with Gasteiger partial charge in [-0.25, -0.2) is 0 Å². The number of carbonyl (C=O) groups is 2. The van der Waals surface area contributed by atoms with Gasteiger partial charge in [0.25, 0.3) is 0 Å². The Balaban J connectivity index is 0.00000300. The van der Waals surface area contributed by atoms with Crippen LogP contribution in [0.1, 0.15) is 67.8 Å². The average Bonchev–Trinajstić information content (AvgIpc) is 2.71. The molecule has 0 amide bonds. The van der Waals surface area contributed by atoms with E-state index in [1.807, 2.05) is 6.92 Å². The van der Waals surface area contributed by atoms with Gasteiger partial charge in [0.05, 0.1) is 18.2 Å². The molecule has 2 unspecified atom stereocenters. The minimum Gasteiger partial charge on any atom is -0.481 e. The smallest absolute Gasteiger partial charge is 0.306 e. The third-order valence-electron chi connectivity index (χ3n) is 6.82. The fraction of sp³-hybridized carbons (Fsp3) is 0.591. The summed E-state index contributed by atoms with van der Waals surface area (Å²) < 4.78 is 0. The molecule has 7 heteroatoms. The Labute approximate surface area is 178 Å². The van der Waals surface area contributed by atoms with E-state index in [1.54, 1.807) is 24.3 Å². The number of benzene rings is 1. The molecule has 0 radical (unpaired) electrons. The van der Waals surface area contributed by atoms with Gasteiger partial charge in [0, 0.05) is 12.1 Å². The van der Waals surface area contributed by atoms with Gasteiger partial charge in [-0.05, 0) is 61.8 Å². The molecule has 3 rings (SSSR count). The summed E-state index contributed by atoms with van der Waals surface area (Å²) in [7, 11) is 0. The third kappa shape index (κ3) is 5.37. The molecule has 2 fully saturated rings. The van der Waals surface area contributed by atoms with Crippen LogP contribution in [0.15, 0.2) is 29.4 Å². The van der Waals surface area contributed by atoms with Gasteiger partial charge in [-0.1, -0.05) is 36.3 Å². The van der Waals surface area contributed by atoms with Crippen molar-refractivity contribution in [2.24, 2.45) is 22.4 Å². The van der Waals surface area contributed by atoms with Crippen molar-refractivity contribution in [3.05, 3.63) is 35.4 Å². The minimum absolute atomic E-state index is 0. The monoisotopic (exact) mass is 422 g/mol. The molecule has 2 atom stereocenters. The molecule has 1 aliphatic heterocycles. The number of halogens is 1. The molecule has 1 aliphatic carbocycles. The summed E-state index contributed by atoms with van der Waals surface area (Å²) in [5.41, 5.74) is 1.63. The number of rotatable bonds is 6. The second-order valence-electron chi connectivity index (χ2n) is 8.39. The molecule has 1 aromatic rings. The summed E-state index contributed by atoms with van der Waals surface area (Å²) in [6, 6.07) is 6.92. The Kier molecular flexibility index (Phi) is 8.23. The van der Waals surface area contributed by atoms with Gasteiger partial charge in [0.1, 0.15) is 0 Å². The van der Waals surface area contributed by atoms with E-state index in [1.165, 1.54) is 6.21 Å². The van der Waals surface area contributed by atoms with Crippen molar-refractivity contribution in [1.29, 1.82) is 0 Å². The lowest BCUT2D eigenvalue weighted by Crippen LogP contribution is -2.50. The van der Waals surface area contributed by atoms with Gasteiger partial charge in [0.15, 0.2) is 5.78 Å².